The van der Waals surface area contributed by atoms with Crippen molar-refractivity contribution >= 4 is 34.3 Å². The molecule has 0 saturated heterocycles. The van der Waals surface area contributed by atoms with Crippen LogP contribution in [0.5, 0.6) is 5.75 Å². The zero-order valence-corrected chi connectivity index (χ0v) is 14.7. The van der Waals surface area contributed by atoms with Crippen LogP contribution in [0.2, 0.25) is 0 Å². The van der Waals surface area contributed by atoms with E-state index < -0.39 is 0 Å². The SMILES string of the molecule is CN(C)c1ccc(NC(=O)COc2ccc3ccccc3c2C=O)cc1. The van der Waals surface area contributed by atoms with E-state index in [0.717, 1.165) is 22.7 Å². The Balaban J connectivity index is 1.67. The highest BCUT2D eigenvalue weighted by Crippen LogP contribution is 2.26. The van der Waals surface area contributed by atoms with Crippen molar-refractivity contribution in [3.8, 4) is 5.75 Å². The zero-order valence-electron chi connectivity index (χ0n) is 14.7. The van der Waals surface area contributed by atoms with E-state index in [4.69, 9.17) is 4.74 Å². The first-order chi connectivity index (χ1) is 12.6. The van der Waals surface area contributed by atoms with E-state index in [9.17, 15) is 9.59 Å². The largest absolute Gasteiger partial charge is 0.483 e. The van der Waals surface area contributed by atoms with Crippen molar-refractivity contribution in [2.24, 2.45) is 0 Å². The number of anilines is 2. The minimum Gasteiger partial charge on any atom is -0.483 e. The lowest BCUT2D eigenvalue weighted by atomic mass is 10.0. The minimum absolute atomic E-state index is 0.172. The van der Waals surface area contributed by atoms with Crippen molar-refractivity contribution in [1.29, 1.82) is 0 Å². The standard InChI is InChI=1S/C21H20N2O3/c1-23(2)17-10-8-16(9-11-17)22-21(25)14-26-20-12-7-15-5-3-4-6-18(15)19(20)13-24/h3-13H,14H2,1-2H3,(H,22,25). The first-order valence-electron chi connectivity index (χ1n) is 8.25. The summed E-state index contributed by atoms with van der Waals surface area (Å²) < 4.78 is 5.58. The topological polar surface area (TPSA) is 58.6 Å². The molecule has 1 N–H and O–H groups in total. The molecule has 0 aliphatic heterocycles. The second-order valence-corrected chi connectivity index (χ2v) is 6.09. The highest BCUT2D eigenvalue weighted by atomic mass is 16.5. The summed E-state index contributed by atoms with van der Waals surface area (Å²) >= 11 is 0. The normalized spacial score (nSPS) is 10.4. The third kappa shape index (κ3) is 3.83. The van der Waals surface area contributed by atoms with Crippen LogP contribution in [0.1, 0.15) is 10.4 Å². The maximum absolute atomic E-state index is 12.1. The van der Waals surface area contributed by atoms with E-state index in [1.807, 2.05) is 73.6 Å². The smallest absolute Gasteiger partial charge is 0.262 e. The van der Waals surface area contributed by atoms with Gasteiger partial charge in [-0.1, -0.05) is 30.3 Å². The molecule has 0 heterocycles. The van der Waals surface area contributed by atoms with Crippen LogP contribution in [0.25, 0.3) is 10.8 Å². The lowest BCUT2D eigenvalue weighted by molar-refractivity contribution is -0.118. The number of amides is 1. The van der Waals surface area contributed by atoms with Gasteiger partial charge in [0.25, 0.3) is 5.91 Å². The third-order valence-corrected chi connectivity index (χ3v) is 4.07. The van der Waals surface area contributed by atoms with Crippen molar-refractivity contribution < 1.29 is 14.3 Å². The molecular weight excluding hydrogens is 328 g/mol. The molecule has 0 atom stereocenters. The van der Waals surface area contributed by atoms with Crippen LogP contribution in [-0.4, -0.2) is 32.9 Å². The van der Waals surface area contributed by atoms with E-state index in [1.54, 1.807) is 6.07 Å². The van der Waals surface area contributed by atoms with Crippen LogP contribution >= 0.6 is 0 Å². The fourth-order valence-electron chi connectivity index (χ4n) is 2.71. The lowest BCUT2D eigenvalue weighted by Crippen LogP contribution is -2.20. The average molecular weight is 348 g/mol. The molecule has 0 aliphatic carbocycles. The van der Waals surface area contributed by atoms with Gasteiger partial charge in [0, 0.05) is 25.5 Å². The maximum Gasteiger partial charge on any atom is 0.262 e. The van der Waals surface area contributed by atoms with Crippen molar-refractivity contribution in [2.75, 3.05) is 30.9 Å². The van der Waals surface area contributed by atoms with Gasteiger partial charge in [0.1, 0.15) is 5.75 Å². The molecule has 1 amide bonds. The van der Waals surface area contributed by atoms with Gasteiger partial charge in [-0.25, -0.2) is 0 Å². The monoisotopic (exact) mass is 348 g/mol. The number of hydrogen-bond donors (Lipinski definition) is 1. The van der Waals surface area contributed by atoms with Gasteiger partial charge in [0.15, 0.2) is 12.9 Å². The molecule has 5 heteroatoms. The fourth-order valence-corrected chi connectivity index (χ4v) is 2.71. The molecular formula is C21H20N2O3. The van der Waals surface area contributed by atoms with Crippen molar-refractivity contribution in [2.45, 2.75) is 0 Å². The summed E-state index contributed by atoms with van der Waals surface area (Å²) in [6.45, 7) is -0.172. The second-order valence-electron chi connectivity index (χ2n) is 6.09. The number of ether oxygens (including phenoxy) is 1. The summed E-state index contributed by atoms with van der Waals surface area (Å²) in [6, 6.07) is 18.7. The molecule has 0 unspecified atom stereocenters. The number of fused-ring (bicyclic) bond motifs is 1. The maximum atomic E-state index is 12.1. The van der Waals surface area contributed by atoms with Crippen LogP contribution in [0.4, 0.5) is 11.4 Å². The molecule has 3 aromatic carbocycles. The number of rotatable bonds is 6. The number of benzene rings is 3. The van der Waals surface area contributed by atoms with Gasteiger partial charge in [-0.15, -0.1) is 0 Å². The zero-order chi connectivity index (χ0) is 18.5. The molecule has 3 aromatic rings. The highest BCUT2D eigenvalue weighted by Gasteiger charge is 2.10. The Hall–Kier alpha value is -3.34. The molecule has 0 spiro atoms. The molecule has 26 heavy (non-hydrogen) atoms. The Morgan fingerprint density at radius 1 is 1.04 bits per heavy atom. The van der Waals surface area contributed by atoms with E-state index in [2.05, 4.69) is 5.32 Å². The minimum atomic E-state index is -0.285. The summed E-state index contributed by atoms with van der Waals surface area (Å²) in [5.41, 5.74) is 2.19. The number of carbonyl (C=O) groups is 2. The molecule has 0 aliphatic rings. The fraction of sp³-hybridized carbons (Fsp3) is 0.143. The Bertz CT molecular complexity index is 934. The third-order valence-electron chi connectivity index (χ3n) is 4.07. The Morgan fingerprint density at radius 2 is 1.77 bits per heavy atom. The van der Waals surface area contributed by atoms with Crippen molar-refractivity contribution in [3.63, 3.8) is 0 Å². The Morgan fingerprint density at radius 3 is 2.46 bits per heavy atom. The first-order valence-corrected chi connectivity index (χ1v) is 8.25. The number of aldehydes is 1. The van der Waals surface area contributed by atoms with Crippen molar-refractivity contribution in [1.82, 2.24) is 0 Å². The summed E-state index contributed by atoms with van der Waals surface area (Å²) in [4.78, 5) is 25.6. The summed E-state index contributed by atoms with van der Waals surface area (Å²) in [5, 5.41) is 4.54. The number of nitrogens with zero attached hydrogens (tertiary/aromatic N) is 1. The molecule has 5 nitrogen and oxygen atoms in total. The summed E-state index contributed by atoms with van der Waals surface area (Å²) in [7, 11) is 3.91. The number of nitrogens with one attached hydrogen (secondary N) is 1. The first kappa shape index (κ1) is 17.5. The van der Waals surface area contributed by atoms with Gasteiger partial charge >= 0.3 is 0 Å². The molecule has 0 fully saturated rings. The quantitative estimate of drug-likeness (QED) is 0.690. The van der Waals surface area contributed by atoms with E-state index in [0.29, 0.717) is 17.0 Å². The molecule has 0 bridgehead atoms. The number of carbonyl (C=O) groups excluding carboxylic acids is 2. The Kier molecular flexibility index (Phi) is 5.17. The van der Waals surface area contributed by atoms with Gasteiger partial charge in [0.2, 0.25) is 0 Å². The van der Waals surface area contributed by atoms with Crippen LogP contribution in [0, 0.1) is 0 Å². The van der Waals surface area contributed by atoms with E-state index in [1.165, 1.54) is 0 Å². The molecule has 0 saturated carbocycles. The Labute approximate surface area is 152 Å². The summed E-state index contributed by atoms with van der Waals surface area (Å²) in [5.74, 6) is 0.115. The number of hydrogen-bond acceptors (Lipinski definition) is 4. The lowest BCUT2D eigenvalue weighted by Gasteiger charge is -2.13. The van der Waals surface area contributed by atoms with Crippen molar-refractivity contribution in [3.05, 3.63) is 66.2 Å². The predicted molar refractivity (Wildman–Crippen MR) is 104 cm³/mol. The van der Waals surface area contributed by atoms with Crippen LogP contribution < -0.4 is 15.0 Å². The summed E-state index contributed by atoms with van der Waals surface area (Å²) in [6.07, 6.45) is 0.759. The highest BCUT2D eigenvalue weighted by molar-refractivity contribution is 6.01. The molecule has 132 valence electrons. The van der Waals surface area contributed by atoms with Gasteiger partial charge in [-0.3, -0.25) is 9.59 Å². The van der Waals surface area contributed by atoms with Crippen LogP contribution in [0.3, 0.4) is 0 Å². The van der Waals surface area contributed by atoms with Gasteiger partial charge in [-0.05, 0) is 41.1 Å². The van der Waals surface area contributed by atoms with Crippen LogP contribution in [-0.2, 0) is 4.79 Å². The van der Waals surface area contributed by atoms with Crippen LogP contribution in [0.15, 0.2) is 60.7 Å². The predicted octanol–water partition coefficient (Wildman–Crippen LogP) is 3.74. The molecule has 0 radical (unpaired) electrons. The average Bonchev–Trinajstić information content (AvgIpc) is 2.66. The second kappa shape index (κ2) is 7.70. The van der Waals surface area contributed by atoms with E-state index in [-0.39, 0.29) is 12.5 Å². The van der Waals surface area contributed by atoms with Gasteiger partial charge in [0.05, 0.1) is 5.56 Å². The van der Waals surface area contributed by atoms with Gasteiger partial charge < -0.3 is 15.0 Å². The van der Waals surface area contributed by atoms with E-state index >= 15 is 0 Å². The molecule has 0 aromatic heterocycles. The molecule has 3 rings (SSSR count). The van der Waals surface area contributed by atoms with Gasteiger partial charge in [-0.2, -0.15) is 0 Å².